The first kappa shape index (κ1) is 19.7. The molecule has 0 saturated carbocycles. The van der Waals surface area contributed by atoms with Gasteiger partial charge in [-0.1, -0.05) is 18.2 Å². The maximum Gasteiger partial charge on any atom is 0.275 e. The smallest absolute Gasteiger partial charge is 0.275 e. The molecule has 140 valence electrons. The quantitative estimate of drug-likeness (QED) is 0.644. The van der Waals surface area contributed by atoms with Crippen molar-refractivity contribution >= 4 is 22.6 Å². The summed E-state index contributed by atoms with van der Waals surface area (Å²) in [6, 6.07) is 12.3. The molecular formula is C20H28N3O3+. The number of nitrogens with one attached hydrogen (secondary N) is 3. The Balaban J connectivity index is 1.86. The molecule has 0 aliphatic heterocycles. The SMILES string of the molecule is COc1ccc2cc(C[NH+](C)CC(=O)NCC(=O)NC(C)C)ccc2c1. The molecule has 1 unspecified atom stereocenters. The molecule has 0 radical (unpaired) electrons. The van der Waals surface area contributed by atoms with Crippen LogP contribution in [0.4, 0.5) is 0 Å². The summed E-state index contributed by atoms with van der Waals surface area (Å²) in [6.45, 7) is 4.83. The van der Waals surface area contributed by atoms with Crippen LogP contribution < -0.4 is 20.3 Å². The molecule has 0 saturated heterocycles. The number of fused-ring (bicyclic) bond motifs is 1. The van der Waals surface area contributed by atoms with Gasteiger partial charge in [0.1, 0.15) is 12.3 Å². The summed E-state index contributed by atoms with van der Waals surface area (Å²) in [5.74, 6) is 0.536. The number of rotatable bonds is 8. The molecule has 0 aliphatic rings. The van der Waals surface area contributed by atoms with Crippen LogP contribution in [0.25, 0.3) is 10.8 Å². The third kappa shape index (κ3) is 6.04. The van der Waals surface area contributed by atoms with E-state index in [4.69, 9.17) is 4.74 Å². The molecule has 6 heteroatoms. The van der Waals surface area contributed by atoms with Crippen molar-refractivity contribution in [3.63, 3.8) is 0 Å². The minimum absolute atomic E-state index is 0.0160. The van der Waals surface area contributed by atoms with E-state index < -0.39 is 0 Å². The van der Waals surface area contributed by atoms with E-state index in [0.717, 1.165) is 33.5 Å². The van der Waals surface area contributed by atoms with Crippen molar-refractivity contribution in [3.05, 3.63) is 42.0 Å². The van der Waals surface area contributed by atoms with Crippen LogP contribution in [0.5, 0.6) is 5.75 Å². The predicted octanol–water partition coefficient (Wildman–Crippen LogP) is 0.504. The molecule has 0 spiro atoms. The van der Waals surface area contributed by atoms with Crippen molar-refractivity contribution in [2.24, 2.45) is 0 Å². The zero-order valence-electron chi connectivity index (χ0n) is 15.9. The molecule has 2 rings (SSSR count). The number of ether oxygens (including phenoxy) is 1. The first-order valence-corrected chi connectivity index (χ1v) is 8.81. The van der Waals surface area contributed by atoms with Crippen molar-refractivity contribution < 1.29 is 19.2 Å². The van der Waals surface area contributed by atoms with Gasteiger partial charge in [0.25, 0.3) is 5.91 Å². The number of carbonyl (C=O) groups excluding carboxylic acids is 2. The number of likely N-dealkylation sites (N-methyl/N-ethyl adjacent to an activating group) is 1. The molecule has 0 aromatic heterocycles. The molecule has 3 N–H and O–H groups in total. The van der Waals surface area contributed by atoms with Gasteiger partial charge in [0.2, 0.25) is 5.91 Å². The van der Waals surface area contributed by atoms with Crippen LogP contribution in [-0.4, -0.2) is 45.1 Å². The highest BCUT2D eigenvalue weighted by Gasteiger charge is 2.12. The first-order valence-electron chi connectivity index (χ1n) is 8.81. The summed E-state index contributed by atoms with van der Waals surface area (Å²) >= 11 is 0. The minimum Gasteiger partial charge on any atom is -0.497 e. The second-order valence-corrected chi connectivity index (χ2v) is 6.86. The highest BCUT2D eigenvalue weighted by atomic mass is 16.5. The molecule has 1 atom stereocenters. The minimum atomic E-state index is -0.170. The number of hydrogen-bond donors (Lipinski definition) is 3. The number of quaternary nitrogens is 1. The molecule has 0 fully saturated rings. The number of hydrogen-bond acceptors (Lipinski definition) is 3. The fourth-order valence-electron chi connectivity index (χ4n) is 2.81. The van der Waals surface area contributed by atoms with Crippen LogP contribution in [0.3, 0.4) is 0 Å². The summed E-state index contributed by atoms with van der Waals surface area (Å²) in [4.78, 5) is 24.6. The normalized spacial score (nSPS) is 12.0. The average molecular weight is 358 g/mol. The summed E-state index contributed by atoms with van der Waals surface area (Å²) in [5.41, 5.74) is 1.16. The highest BCUT2D eigenvalue weighted by Crippen LogP contribution is 2.21. The monoisotopic (exact) mass is 358 g/mol. The summed E-state index contributed by atoms with van der Waals surface area (Å²) in [7, 11) is 3.62. The van der Waals surface area contributed by atoms with E-state index in [1.807, 2.05) is 39.1 Å². The standard InChI is InChI=1S/C20H27N3O3/c1-14(2)22-19(24)11-21-20(25)13-23(3)12-15-5-6-17-10-18(26-4)8-7-16(17)9-15/h5-10,14H,11-13H2,1-4H3,(H,21,25)(H,22,24)/p+1. The lowest BCUT2D eigenvalue weighted by Crippen LogP contribution is -3.08. The molecule has 0 aliphatic carbocycles. The van der Waals surface area contributed by atoms with Gasteiger partial charge < -0.3 is 20.3 Å². The second-order valence-electron chi connectivity index (χ2n) is 6.86. The van der Waals surface area contributed by atoms with E-state index in [1.54, 1.807) is 7.11 Å². The lowest BCUT2D eigenvalue weighted by Gasteiger charge is -2.15. The van der Waals surface area contributed by atoms with Gasteiger partial charge in [-0.2, -0.15) is 0 Å². The molecule has 0 heterocycles. The Morgan fingerprint density at radius 3 is 2.46 bits per heavy atom. The van der Waals surface area contributed by atoms with E-state index in [9.17, 15) is 9.59 Å². The maximum atomic E-state index is 12.0. The third-order valence-corrected chi connectivity index (χ3v) is 3.98. The van der Waals surface area contributed by atoms with Gasteiger partial charge in [0.15, 0.2) is 6.54 Å². The Morgan fingerprint density at radius 1 is 1.08 bits per heavy atom. The molecule has 0 bridgehead atoms. The fraction of sp³-hybridized carbons (Fsp3) is 0.400. The van der Waals surface area contributed by atoms with Crippen molar-refractivity contribution in [3.8, 4) is 5.75 Å². The maximum absolute atomic E-state index is 12.0. The van der Waals surface area contributed by atoms with E-state index in [0.29, 0.717) is 6.54 Å². The van der Waals surface area contributed by atoms with Crippen LogP contribution >= 0.6 is 0 Å². The van der Waals surface area contributed by atoms with Gasteiger partial charge in [0, 0.05) is 11.6 Å². The summed E-state index contributed by atoms with van der Waals surface area (Å²) < 4.78 is 5.24. The number of carbonyl (C=O) groups is 2. The topological polar surface area (TPSA) is 71.9 Å². The van der Waals surface area contributed by atoms with Gasteiger partial charge in [-0.15, -0.1) is 0 Å². The zero-order chi connectivity index (χ0) is 19.1. The van der Waals surface area contributed by atoms with Crippen LogP contribution in [0.15, 0.2) is 36.4 Å². The summed E-state index contributed by atoms with van der Waals surface area (Å²) in [6.07, 6.45) is 0. The predicted molar refractivity (Wildman–Crippen MR) is 102 cm³/mol. The Bertz CT molecular complexity index is 774. The molecular weight excluding hydrogens is 330 g/mol. The molecule has 26 heavy (non-hydrogen) atoms. The average Bonchev–Trinajstić information content (AvgIpc) is 2.58. The summed E-state index contributed by atoms with van der Waals surface area (Å²) in [5, 5.41) is 7.68. The lowest BCUT2D eigenvalue weighted by atomic mass is 10.1. The van der Waals surface area contributed by atoms with Gasteiger partial charge in [-0.3, -0.25) is 9.59 Å². The van der Waals surface area contributed by atoms with Gasteiger partial charge in [0.05, 0.1) is 20.7 Å². The van der Waals surface area contributed by atoms with Gasteiger partial charge in [-0.05, 0) is 42.8 Å². The number of benzene rings is 2. The van der Waals surface area contributed by atoms with Crippen LogP contribution in [-0.2, 0) is 16.1 Å². The third-order valence-electron chi connectivity index (χ3n) is 3.98. The fourth-order valence-corrected chi connectivity index (χ4v) is 2.81. The van der Waals surface area contributed by atoms with E-state index in [1.165, 1.54) is 0 Å². The Morgan fingerprint density at radius 2 is 1.77 bits per heavy atom. The first-order chi connectivity index (χ1) is 12.4. The second kappa shape index (κ2) is 9.20. The van der Waals surface area contributed by atoms with Crippen molar-refractivity contribution in [1.82, 2.24) is 10.6 Å². The molecule has 2 aromatic carbocycles. The van der Waals surface area contributed by atoms with Gasteiger partial charge in [-0.25, -0.2) is 0 Å². The van der Waals surface area contributed by atoms with Crippen LogP contribution in [0.1, 0.15) is 19.4 Å². The lowest BCUT2D eigenvalue weighted by molar-refractivity contribution is -0.885. The molecule has 2 amide bonds. The zero-order valence-corrected chi connectivity index (χ0v) is 15.9. The Labute approximate surface area is 154 Å². The van der Waals surface area contributed by atoms with E-state index >= 15 is 0 Å². The van der Waals surface area contributed by atoms with Crippen molar-refractivity contribution in [2.75, 3.05) is 27.2 Å². The largest absolute Gasteiger partial charge is 0.497 e. The van der Waals surface area contributed by atoms with Crippen molar-refractivity contribution in [2.45, 2.75) is 26.4 Å². The molecule has 6 nitrogen and oxygen atoms in total. The number of methoxy groups -OCH3 is 1. The molecule has 2 aromatic rings. The Kier molecular flexibility index (Phi) is 6.97. The van der Waals surface area contributed by atoms with Crippen LogP contribution in [0.2, 0.25) is 0 Å². The van der Waals surface area contributed by atoms with E-state index in [-0.39, 0.29) is 24.4 Å². The van der Waals surface area contributed by atoms with Crippen molar-refractivity contribution in [1.29, 1.82) is 0 Å². The highest BCUT2D eigenvalue weighted by molar-refractivity contribution is 5.85. The van der Waals surface area contributed by atoms with Crippen LogP contribution in [0, 0.1) is 0 Å². The number of amides is 2. The Hall–Kier alpha value is -2.60. The van der Waals surface area contributed by atoms with Gasteiger partial charge >= 0.3 is 0 Å². The van der Waals surface area contributed by atoms with E-state index in [2.05, 4.69) is 28.8 Å².